The second kappa shape index (κ2) is 13.6. The first kappa shape index (κ1) is 30.1. The number of benzene rings is 3. The number of anilines is 1. The van der Waals surface area contributed by atoms with E-state index in [2.05, 4.69) is 5.32 Å². The number of hydrogen-bond acceptors (Lipinski definition) is 7. The minimum atomic E-state index is -4.26. The van der Waals surface area contributed by atoms with Crippen molar-refractivity contribution in [3.63, 3.8) is 0 Å². The highest BCUT2D eigenvalue weighted by Gasteiger charge is 2.33. The summed E-state index contributed by atoms with van der Waals surface area (Å²) in [5.41, 5.74) is 0.554. The number of nitrogens with zero attached hydrogens (tertiary/aromatic N) is 3. The van der Waals surface area contributed by atoms with Crippen LogP contribution in [0.2, 0.25) is 0 Å². The monoisotopic (exact) mass is 568 g/mol. The first-order valence-corrected chi connectivity index (χ1v) is 14.1. The molecule has 1 atom stereocenters. The summed E-state index contributed by atoms with van der Waals surface area (Å²) in [6.45, 7) is 3.29. The van der Waals surface area contributed by atoms with Crippen LogP contribution >= 0.6 is 0 Å². The number of methoxy groups -OCH3 is 1. The van der Waals surface area contributed by atoms with E-state index in [0.717, 1.165) is 4.31 Å². The molecule has 0 saturated carbocycles. The second-order valence-corrected chi connectivity index (χ2v) is 10.6. The van der Waals surface area contributed by atoms with Crippen molar-refractivity contribution in [2.45, 2.75) is 37.8 Å². The van der Waals surface area contributed by atoms with Gasteiger partial charge in [0.05, 0.1) is 22.6 Å². The van der Waals surface area contributed by atoms with Gasteiger partial charge in [-0.25, -0.2) is 8.42 Å². The van der Waals surface area contributed by atoms with Gasteiger partial charge in [-0.15, -0.1) is 0 Å². The van der Waals surface area contributed by atoms with Crippen LogP contribution in [0.25, 0.3) is 0 Å². The molecule has 12 heteroatoms. The van der Waals surface area contributed by atoms with E-state index in [1.807, 2.05) is 0 Å². The fourth-order valence-corrected chi connectivity index (χ4v) is 5.56. The molecule has 1 unspecified atom stereocenters. The lowest BCUT2D eigenvalue weighted by atomic mass is 10.1. The molecule has 0 radical (unpaired) electrons. The van der Waals surface area contributed by atoms with Crippen LogP contribution in [-0.2, 0) is 26.2 Å². The van der Waals surface area contributed by atoms with Gasteiger partial charge in [0.2, 0.25) is 11.8 Å². The van der Waals surface area contributed by atoms with Gasteiger partial charge in [-0.2, -0.15) is 0 Å². The summed E-state index contributed by atoms with van der Waals surface area (Å²) in [7, 11) is -2.73. The minimum Gasteiger partial charge on any atom is -0.497 e. The van der Waals surface area contributed by atoms with Gasteiger partial charge in [0, 0.05) is 25.2 Å². The van der Waals surface area contributed by atoms with E-state index >= 15 is 0 Å². The van der Waals surface area contributed by atoms with Gasteiger partial charge >= 0.3 is 0 Å². The number of nitro benzene ring substituents is 1. The van der Waals surface area contributed by atoms with Gasteiger partial charge in [0.15, 0.2) is 0 Å². The van der Waals surface area contributed by atoms with Crippen molar-refractivity contribution >= 4 is 33.2 Å². The molecule has 212 valence electrons. The summed E-state index contributed by atoms with van der Waals surface area (Å²) in [5.74, 6) is -0.359. The first-order chi connectivity index (χ1) is 19.1. The lowest BCUT2D eigenvalue weighted by Gasteiger charge is -2.33. The molecule has 0 saturated heterocycles. The smallest absolute Gasteiger partial charge is 0.269 e. The summed E-state index contributed by atoms with van der Waals surface area (Å²) < 4.78 is 33.6. The number of sulfonamides is 1. The normalized spacial score (nSPS) is 11.8. The predicted molar refractivity (Wildman–Crippen MR) is 150 cm³/mol. The van der Waals surface area contributed by atoms with Crippen molar-refractivity contribution in [3.8, 4) is 5.75 Å². The molecular weight excluding hydrogens is 536 g/mol. The highest BCUT2D eigenvalue weighted by Crippen LogP contribution is 2.27. The van der Waals surface area contributed by atoms with Crippen LogP contribution in [0.5, 0.6) is 5.75 Å². The molecule has 0 bridgehead atoms. The van der Waals surface area contributed by atoms with E-state index in [9.17, 15) is 28.1 Å². The van der Waals surface area contributed by atoms with E-state index in [0.29, 0.717) is 17.9 Å². The van der Waals surface area contributed by atoms with Gasteiger partial charge < -0.3 is 15.0 Å². The molecular formula is C28H32N4O7S. The van der Waals surface area contributed by atoms with E-state index in [-0.39, 0.29) is 35.1 Å². The van der Waals surface area contributed by atoms with Crippen LogP contribution in [0.3, 0.4) is 0 Å². The summed E-state index contributed by atoms with van der Waals surface area (Å²) in [5, 5.41) is 13.9. The molecule has 3 rings (SSSR count). The van der Waals surface area contributed by atoms with Crippen molar-refractivity contribution in [1.82, 2.24) is 10.2 Å². The Labute approximate surface area is 233 Å². The molecule has 0 aliphatic heterocycles. The Kier molecular flexibility index (Phi) is 10.2. The van der Waals surface area contributed by atoms with Gasteiger partial charge in [-0.1, -0.05) is 37.3 Å². The first-order valence-electron chi connectivity index (χ1n) is 12.6. The van der Waals surface area contributed by atoms with E-state index in [1.54, 1.807) is 56.3 Å². The number of carbonyl (C=O) groups is 2. The van der Waals surface area contributed by atoms with Crippen molar-refractivity contribution in [2.24, 2.45) is 0 Å². The Morgan fingerprint density at radius 2 is 1.60 bits per heavy atom. The lowest BCUT2D eigenvalue weighted by Crippen LogP contribution is -2.52. The van der Waals surface area contributed by atoms with Crippen LogP contribution in [0.4, 0.5) is 11.4 Å². The number of amides is 2. The van der Waals surface area contributed by atoms with Crippen LogP contribution in [0.15, 0.2) is 83.8 Å². The third-order valence-electron chi connectivity index (χ3n) is 6.21. The fraction of sp³-hybridized carbons (Fsp3) is 0.286. The van der Waals surface area contributed by atoms with Crippen LogP contribution < -0.4 is 14.4 Å². The standard InChI is InChI=1S/C28H32N4O7S/c1-4-26(28(34)29-5-2)30(19-21-11-17-24(39-3)18-12-21)27(33)20-31(22-13-15-23(16-14-22)32(35)36)40(37,38)25-9-7-6-8-10-25/h6-18,26H,4-5,19-20H2,1-3H3,(H,29,34). The van der Waals surface area contributed by atoms with E-state index < -0.39 is 33.4 Å². The summed E-state index contributed by atoms with van der Waals surface area (Å²) >= 11 is 0. The molecule has 3 aromatic carbocycles. The zero-order valence-corrected chi connectivity index (χ0v) is 23.3. The average molecular weight is 569 g/mol. The molecule has 0 aliphatic carbocycles. The van der Waals surface area contributed by atoms with E-state index in [4.69, 9.17) is 4.74 Å². The second-order valence-electron chi connectivity index (χ2n) is 8.79. The number of nitro groups is 1. The minimum absolute atomic E-state index is 0.0396. The zero-order valence-electron chi connectivity index (χ0n) is 22.5. The molecule has 2 amide bonds. The third kappa shape index (κ3) is 7.14. The Bertz CT molecular complexity index is 1410. The van der Waals surface area contributed by atoms with Crippen LogP contribution in [0.1, 0.15) is 25.8 Å². The van der Waals surface area contributed by atoms with Crippen molar-refractivity contribution < 1.29 is 27.7 Å². The van der Waals surface area contributed by atoms with Gasteiger partial charge in [0.25, 0.3) is 15.7 Å². The number of hydrogen-bond donors (Lipinski definition) is 1. The number of rotatable bonds is 13. The summed E-state index contributed by atoms with van der Waals surface area (Å²) in [6, 6.07) is 18.6. The van der Waals surface area contributed by atoms with Gasteiger partial charge in [-0.3, -0.25) is 24.0 Å². The van der Waals surface area contributed by atoms with Crippen molar-refractivity contribution in [2.75, 3.05) is 24.5 Å². The molecule has 0 aliphatic rings. The van der Waals surface area contributed by atoms with Crippen LogP contribution in [0, 0.1) is 10.1 Å². The summed E-state index contributed by atoms with van der Waals surface area (Å²) in [4.78, 5) is 38.8. The number of non-ortho nitro benzene ring substituents is 1. The zero-order chi connectivity index (χ0) is 29.3. The Morgan fingerprint density at radius 3 is 2.12 bits per heavy atom. The average Bonchev–Trinajstić information content (AvgIpc) is 2.96. The predicted octanol–water partition coefficient (Wildman–Crippen LogP) is 3.74. The Balaban J connectivity index is 2.05. The number of ether oxygens (including phenoxy) is 1. The maximum absolute atomic E-state index is 13.9. The molecule has 0 heterocycles. The van der Waals surface area contributed by atoms with Crippen molar-refractivity contribution in [3.05, 3.63) is 94.5 Å². The van der Waals surface area contributed by atoms with Crippen LogP contribution in [-0.4, -0.2) is 56.3 Å². The number of likely N-dealkylation sites (N-methyl/N-ethyl adjacent to an activating group) is 1. The fourth-order valence-electron chi connectivity index (χ4n) is 4.13. The van der Waals surface area contributed by atoms with Gasteiger partial charge in [0.1, 0.15) is 18.3 Å². The number of nitrogens with one attached hydrogen (secondary N) is 1. The SMILES string of the molecule is CCNC(=O)C(CC)N(Cc1ccc(OC)cc1)C(=O)CN(c1ccc([N+](=O)[O-])cc1)S(=O)(=O)c1ccccc1. The quantitative estimate of drug-likeness (QED) is 0.245. The molecule has 40 heavy (non-hydrogen) atoms. The van der Waals surface area contributed by atoms with Crippen molar-refractivity contribution in [1.29, 1.82) is 0 Å². The lowest BCUT2D eigenvalue weighted by molar-refractivity contribution is -0.384. The summed E-state index contributed by atoms with van der Waals surface area (Å²) in [6.07, 6.45) is 0.288. The molecule has 0 fully saturated rings. The Morgan fingerprint density at radius 1 is 0.975 bits per heavy atom. The van der Waals surface area contributed by atoms with Gasteiger partial charge in [-0.05, 0) is 55.3 Å². The molecule has 0 aromatic heterocycles. The highest BCUT2D eigenvalue weighted by atomic mass is 32.2. The maximum atomic E-state index is 13.9. The molecule has 0 spiro atoms. The largest absolute Gasteiger partial charge is 0.497 e. The molecule has 1 N–H and O–H groups in total. The maximum Gasteiger partial charge on any atom is 0.269 e. The number of carbonyl (C=O) groups excluding carboxylic acids is 2. The third-order valence-corrected chi connectivity index (χ3v) is 8.00. The topological polar surface area (TPSA) is 139 Å². The molecule has 11 nitrogen and oxygen atoms in total. The Hall–Kier alpha value is -4.45. The highest BCUT2D eigenvalue weighted by molar-refractivity contribution is 7.92. The van der Waals surface area contributed by atoms with E-state index in [1.165, 1.54) is 48.4 Å². The molecule has 3 aromatic rings.